The van der Waals surface area contributed by atoms with Gasteiger partial charge in [-0.3, -0.25) is 0 Å². The molecule has 0 bridgehead atoms. The second-order valence-electron chi connectivity index (χ2n) is 5.81. The first kappa shape index (κ1) is 12.6. The molecule has 1 saturated carbocycles. The predicted octanol–water partition coefficient (Wildman–Crippen LogP) is 2.92. The maximum absolute atomic E-state index is 6.30. The fraction of sp³-hybridized carbons (Fsp3) is 0.600. The molecule has 1 aliphatic carbocycles. The lowest BCUT2D eigenvalue weighted by molar-refractivity contribution is 0.202. The van der Waals surface area contributed by atoms with Crippen LogP contribution in [0.1, 0.15) is 37.4 Å². The lowest BCUT2D eigenvalue weighted by atomic mass is 9.97. The standard InChI is InChI=1S/C15H23NO/c1-15(2)10-13(15)14(16)12-6-4-11(5-7-12)8-9-17-3/h4-7,13-14H,8-10,16H2,1-3H3. The molecule has 0 saturated heterocycles. The average molecular weight is 233 g/mol. The largest absolute Gasteiger partial charge is 0.384 e. The van der Waals surface area contributed by atoms with Gasteiger partial charge in [-0.2, -0.15) is 0 Å². The summed E-state index contributed by atoms with van der Waals surface area (Å²) in [5, 5.41) is 0. The maximum Gasteiger partial charge on any atom is 0.0502 e. The Morgan fingerprint density at radius 3 is 2.41 bits per heavy atom. The predicted molar refractivity (Wildman–Crippen MR) is 70.8 cm³/mol. The second-order valence-corrected chi connectivity index (χ2v) is 5.81. The van der Waals surface area contributed by atoms with E-state index in [4.69, 9.17) is 10.5 Å². The first-order valence-corrected chi connectivity index (χ1v) is 6.38. The quantitative estimate of drug-likeness (QED) is 0.848. The number of benzene rings is 1. The molecule has 1 aromatic rings. The first-order chi connectivity index (χ1) is 8.04. The number of rotatable bonds is 5. The maximum atomic E-state index is 6.30. The molecule has 2 rings (SSSR count). The average Bonchev–Trinajstić information content (AvgIpc) is 2.95. The van der Waals surface area contributed by atoms with Crippen LogP contribution in [0.2, 0.25) is 0 Å². The van der Waals surface area contributed by atoms with Gasteiger partial charge in [0.25, 0.3) is 0 Å². The normalized spacial score (nSPS) is 23.4. The number of methoxy groups -OCH3 is 1. The molecule has 0 spiro atoms. The molecule has 0 amide bonds. The minimum atomic E-state index is 0.196. The molecule has 17 heavy (non-hydrogen) atoms. The number of ether oxygens (including phenoxy) is 1. The fourth-order valence-corrected chi connectivity index (χ4v) is 2.48. The van der Waals surface area contributed by atoms with Crippen molar-refractivity contribution in [3.63, 3.8) is 0 Å². The third kappa shape index (κ3) is 2.88. The highest BCUT2D eigenvalue weighted by molar-refractivity contribution is 5.27. The monoisotopic (exact) mass is 233 g/mol. The zero-order chi connectivity index (χ0) is 12.5. The van der Waals surface area contributed by atoms with Crippen LogP contribution in [0.25, 0.3) is 0 Å². The van der Waals surface area contributed by atoms with Crippen LogP contribution >= 0.6 is 0 Å². The highest BCUT2D eigenvalue weighted by atomic mass is 16.5. The molecule has 2 atom stereocenters. The Morgan fingerprint density at radius 2 is 1.94 bits per heavy atom. The number of nitrogens with two attached hydrogens (primary N) is 1. The van der Waals surface area contributed by atoms with Gasteiger partial charge in [0.1, 0.15) is 0 Å². The number of hydrogen-bond donors (Lipinski definition) is 1. The molecule has 1 fully saturated rings. The van der Waals surface area contributed by atoms with E-state index in [1.807, 2.05) is 0 Å². The summed E-state index contributed by atoms with van der Waals surface area (Å²) in [5.74, 6) is 0.646. The smallest absolute Gasteiger partial charge is 0.0502 e. The van der Waals surface area contributed by atoms with Gasteiger partial charge in [0, 0.05) is 13.2 Å². The van der Waals surface area contributed by atoms with Gasteiger partial charge in [0.2, 0.25) is 0 Å². The van der Waals surface area contributed by atoms with E-state index < -0.39 is 0 Å². The summed E-state index contributed by atoms with van der Waals surface area (Å²) in [4.78, 5) is 0. The molecule has 0 aromatic heterocycles. The van der Waals surface area contributed by atoms with E-state index in [0.717, 1.165) is 13.0 Å². The molecule has 2 unspecified atom stereocenters. The topological polar surface area (TPSA) is 35.2 Å². The van der Waals surface area contributed by atoms with Crippen molar-refractivity contribution < 1.29 is 4.74 Å². The summed E-state index contributed by atoms with van der Waals surface area (Å²) in [7, 11) is 1.74. The summed E-state index contributed by atoms with van der Waals surface area (Å²) in [6.07, 6.45) is 2.22. The molecule has 2 nitrogen and oxygen atoms in total. The van der Waals surface area contributed by atoms with Crippen LogP contribution in [0.4, 0.5) is 0 Å². The van der Waals surface area contributed by atoms with E-state index in [-0.39, 0.29) is 6.04 Å². The van der Waals surface area contributed by atoms with Crippen LogP contribution in [0.3, 0.4) is 0 Å². The van der Waals surface area contributed by atoms with Gasteiger partial charge in [-0.05, 0) is 35.3 Å². The Labute approximate surface area is 104 Å². The zero-order valence-corrected chi connectivity index (χ0v) is 11.1. The Balaban J connectivity index is 1.98. The molecule has 0 heterocycles. The van der Waals surface area contributed by atoms with Gasteiger partial charge >= 0.3 is 0 Å². The Hall–Kier alpha value is -0.860. The summed E-state index contributed by atoms with van der Waals surface area (Å²) < 4.78 is 5.07. The van der Waals surface area contributed by atoms with E-state index in [1.54, 1.807) is 7.11 Å². The van der Waals surface area contributed by atoms with E-state index in [9.17, 15) is 0 Å². The molecule has 0 radical (unpaired) electrons. The van der Waals surface area contributed by atoms with Gasteiger partial charge < -0.3 is 10.5 Å². The Bertz CT molecular complexity index is 369. The molecular weight excluding hydrogens is 210 g/mol. The molecular formula is C15H23NO. The van der Waals surface area contributed by atoms with Crippen molar-refractivity contribution in [3.05, 3.63) is 35.4 Å². The molecule has 1 aromatic carbocycles. The van der Waals surface area contributed by atoms with E-state index in [2.05, 4.69) is 38.1 Å². The van der Waals surface area contributed by atoms with Gasteiger partial charge in [-0.25, -0.2) is 0 Å². The van der Waals surface area contributed by atoms with Crippen LogP contribution in [-0.4, -0.2) is 13.7 Å². The summed E-state index contributed by atoms with van der Waals surface area (Å²) in [6, 6.07) is 8.88. The Morgan fingerprint density at radius 1 is 1.35 bits per heavy atom. The van der Waals surface area contributed by atoms with E-state index in [1.165, 1.54) is 17.5 Å². The summed E-state index contributed by atoms with van der Waals surface area (Å²) in [6.45, 7) is 5.37. The van der Waals surface area contributed by atoms with Crippen molar-refractivity contribution in [1.29, 1.82) is 0 Å². The molecule has 1 aliphatic rings. The van der Waals surface area contributed by atoms with E-state index >= 15 is 0 Å². The summed E-state index contributed by atoms with van der Waals surface area (Å²) in [5.41, 5.74) is 9.32. The van der Waals surface area contributed by atoms with Crippen molar-refractivity contribution in [1.82, 2.24) is 0 Å². The van der Waals surface area contributed by atoms with Crippen molar-refractivity contribution >= 4 is 0 Å². The SMILES string of the molecule is COCCc1ccc(C(N)C2CC2(C)C)cc1. The van der Waals surface area contributed by atoms with Crippen LogP contribution in [0, 0.1) is 11.3 Å². The van der Waals surface area contributed by atoms with Gasteiger partial charge in [-0.1, -0.05) is 38.1 Å². The van der Waals surface area contributed by atoms with E-state index in [0.29, 0.717) is 11.3 Å². The summed E-state index contributed by atoms with van der Waals surface area (Å²) >= 11 is 0. The lowest BCUT2D eigenvalue weighted by Crippen LogP contribution is -2.15. The lowest BCUT2D eigenvalue weighted by Gasteiger charge is -2.14. The van der Waals surface area contributed by atoms with Crippen LogP contribution < -0.4 is 5.73 Å². The highest BCUT2D eigenvalue weighted by Gasteiger charge is 2.49. The highest BCUT2D eigenvalue weighted by Crippen LogP contribution is 2.56. The van der Waals surface area contributed by atoms with Crippen molar-refractivity contribution in [2.75, 3.05) is 13.7 Å². The molecule has 2 heteroatoms. The zero-order valence-electron chi connectivity index (χ0n) is 11.1. The molecule has 94 valence electrons. The minimum Gasteiger partial charge on any atom is -0.384 e. The van der Waals surface area contributed by atoms with Gasteiger partial charge in [0.05, 0.1) is 6.61 Å². The van der Waals surface area contributed by atoms with Crippen LogP contribution in [-0.2, 0) is 11.2 Å². The molecule has 2 N–H and O–H groups in total. The second kappa shape index (κ2) is 4.79. The molecule has 0 aliphatic heterocycles. The van der Waals surface area contributed by atoms with Crippen molar-refractivity contribution in [2.45, 2.75) is 32.7 Å². The van der Waals surface area contributed by atoms with Gasteiger partial charge in [-0.15, -0.1) is 0 Å². The third-order valence-electron chi connectivity index (χ3n) is 3.98. The third-order valence-corrected chi connectivity index (χ3v) is 3.98. The Kier molecular flexibility index (Phi) is 3.55. The van der Waals surface area contributed by atoms with Gasteiger partial charge in [0.15, 0.2) is 0 Å². The van der Waals surface area contributed by atoms with Crippen molar-refractivity contribution in [2.24, 2.45) is 17.1 Å². The number of hydrogen-bond acceptors (Lipinski definition) is 2. The van der Waals surface area contributed by atoms with Crippen LogP contribution in [0.15, 0.2) is 24.3 Å². The van der Waals surface area contributed by atoms with Crippen LogP contribution in [0.5, 0.6) is 0 Å². The fourth-order valence-electron chi connectivity index (χ4n) is 2.48. The van der Waals surface area contributed by atoms with Crippen molar-refractivity contribution in [3.8, 4) is 0 Å². The minimum absolute atomic E-state index is 0.196. The first-order valence-electron chi connectivity index (χ1n) is 6.38.